The Morgan fingerprint density at radius 2 is 1.88 bits per heavy atom. The molecule has 4 aromatic rings. The van der Waals surface area contributed by atoms with Crippen LogP contribution >= 0.6 is 11.8 Å². The molecule has 0 atom stereocenters. The van der Waals surface area contributed by atoms with E-state index in [0.717, 1.165) is 27.8 Å². The third-order valence-electron chi connectivity index (χ3n) is 5.07. The van der Waals surface area contributed by atoms with Gasteiger partial charge >= 0.3 is 0 Å². The molecule has 2 aromatic heterocycles. The maximum absolute atomic E-state index is 12.3. The molecule has 1 N–H and O–H groups in total. The number of amides is 1. The van der Waals surface area contributed by atoms with Crippen LogP contribution in [-0.2, 0) is 5.75 Å². The molecule has 0 fully saturated rings. The van der Waals surface area contributed by atoms with Gasteiger partial charge < -0.3 is 5.32 Å². The summed E-state index contributed by atoms with van der Waals surface area (Å²) in [6, 6.07) is 19.9. The van der Waals surface area contributed by atoms with Crippen LogP contribution in [0, 0.1) is 12.8 Å². The van der Waals surface area contributed by atoms with Gasteiger partial charge in [-0.2, -0.15) is 0 Å². The van der Waals surface area contributed by atoms with Gasteiger partial charge in [0.05, 0.1) is 0 Å². The second-order valence-corrected chi connectivity index (χ2v) is 9.25. The summed E-state index contributed by atoms with van der Waals surface area (Å²) in [5.74, 6) is 1.86. The first-order chi connectivity index (χ1) is 16.0. The van der Waals surface area contributed by atoms with Gasteiger partial charge in [0.1, 0.15) is 0 Å². The number of hydrogen-bond donors (Lipinski definition) is 1. The van der Waals surface area contributed by atoms with Crippen LogP contribution in [0.1, 0.15) is 35.3 Å². The SMILES string of the molecule is Cc1cccc(-n2c(SCc3ccc(C(=O)NCC(C)C)cc3)nnc2-c2cccnc2)c1. The number of benzene rings is 2. The highest BCUT2D eigenvalue weighted by atomic mass is 32.2. The monoisotopic (exact) mass is 457 g/mol. The highest BCUT2D eigenvalue weighted by molar-refractivity contribution is 7.98. The standard InChI is InChI=1S/C26H27N5OS/c1-18(2)15-28-25(32)21-11-9-20(10-12-21)17-33-26-30-29-24(22-7-5-13-27-16-22)31(26)23-8-4-6-19(3)14-23/h4-14,16,18H,15,17H2,1-3H3,(H,28,32). The van der Waals surface area contributed by atoms with Crippen molar-refractivity contribution in [2.24, 2.45) is 5.92 Å². The third-order valence-corrected chi connectivity index (χ3v) is 6.07. The fraction of sp³-hybridized carbons (Fsp3) is 0.231. The molecule has 168 valence electrons. The van der Waals surface area contributed by atoms with Crippen molar-refractivity contribution in [2.75, 3.05) is 6.54 Å². The lowest BCUT2D eigenvalue weighted by Gasteiger charge is -2.11. The fourth-order valence-electron chi connectivity index (χ4n) is 3.34. The van der Waals surface area contributed by atoms with Crippen LogP contribution in [0.4, 0.5) is 0 Å². The molecule has 0 aliphatic rings. The molecule has 6 nitrogen and oxygen atoms in total. The van der Waals surface area contributed by atoms with E-state index in [0.29, 0.717) is 23.8 Å². The Morgan fingerprint density at radius 3 is 2.58 bits per heavy atom. The van der Waals surface area contributed by atoms with Crippen molar-refractivity contribution >= 4 is 17.7 Å². The molecular formula is C26H27N5OS. The van der Waals surface area contributed by atoms with Crippen LogP contribution in [0.2, 0.25) is 0 Å². The summed E-state index contributed by atoms with van der Waals surface area (Å²) in [5.41, 5.74) is 4.88. The van der Waals surface area contributed by atoms with Gasteiger partial charge in [0, 0.05) is 41.5 Å². The molecule has 2 aromatic carbocycles. The molecule has 7 heteroatoms. The van der Waals surface area contributed by atoms with Crippen LogP contribution in [0.25, 0.3) is 17.1 Å². The van der Waals surface area contributed by atoms with Gasteiger partial charge in [-0.05, 0) is 60.4 Å². The highest BCUT2D eigenvalue weighted by Crippen LogP contribution is 2.29. The fourth-order valence-corrected chi connectivity index (χ4v) is 4.25. The van der Waals surface area contributed by atoms with E-state index in [4.69, 9.17) is 0 Å². The molecule has 2 heterocycles. The van der Waals surface area contributed by atoms with Crippen LogP contribution < -0.4 is 5.32 Å². The molecular weight excluding hydrogens is 430 g/mol. The van der Waals surface area contributed by atoms with Gasteiger partial charge in [-0.25, -0.2) is 0 Å². The smallest absolute Gasteiger partial charge is 0.251 e. The maximum atomic E-state index is 12.3. The van der Waals surface area contributed by atoms with Gasteiger partial charge in [0.15, 0.2) is 11.0 Å². The van der Waals surface area contributed by atoms with Crippen molar-refractivity contribution in [2.45, 2.75) is 31.7 Å². The van der Waals surface area contributed by atoms with Crippen molar-refractivity contribution in [3.05, 3.63) is 89.7 Å². The number of aromatic nitrogens is 4. The molecule has 0 bridgehead atoms. The number of nitrogens with one attached hydrogen (secondary N) is 1. The molecule has 0 saturated carbocycles. The lowest BCUT2D eigenvalue weighted by Crippen LogP contribution is -2.27. The normalized spacial score (nSPS) is 11.0. The number of nitrogens with zero attached hydrogens (tertiary/aromatic N) is 4. The Labute approximate surface area is 198 Å². The first kappa shape index (κ1) is 22.7. The van der Waals surface area contributed by atoms with E-state index >= 15 is 0 Å². The van der Waals surface area contributed by atoms with E-state index in [1.165, 1.54) is 5.56 Å². The molecule has 0 unspecified atom stereocenters. The first-order valence-electron chi connectivity index (χ1n) is 10.9. The van der Waals surface area contributed by atoms with Gasteiger partial charge in [-0.15, -0.1) is 10.2 Å². The van der Waals surface area contributed by atoms with Crippen molar-refractivity contribution < 1.29 is 4.79 Å². The lowest BCUT2D eigenvalue weighted by molar-refractivity contribution is 0.0949. The van der Waals surface area contributed by atoms with E-state index in [1.54, 1.807) is 24.2 Å². The second-order valence-electron chi connectivity index (χ2n) is 8.31. The molecule has 0 radical (unpaired) electrons. The molecule has 33 heavy (non-hydrogen) atoms. The zero-order valence-corrected chi connectivity index (χ0v) is 19.8. The topological polar surface area (TPSA) is 72.7 Å². The highest BCUT2D eigenvalue weighted by Gasteiger charge is 2.17. The zero-order chi connectivity index (χ0) is 23.2. The number of hydrogen-bond acceptors (Lipinski definition) is 5. The number of rotatable bonds is 8. The summed E-state index contributed by atoms with van der Waals surface area (Å²) in [4.78, 5) is 16.5. The number of carbonyl (C=O) groups excluding carboxylic acids is 1. The second kappa shape index (κ2) is 10.4. The molecule has 0 saturated heterocycles. The third kappa shape index (κ3) is 5.68. The molecule has 0 spiro atoms. The summed E-state index contributed by atoms with van der Waals surface area (Å²) in [6.45, 7) is 6.90. The van der Waals surface area contributed by atoms with Gasteiger partial charge in [0.2, 0.25) is 0 Å². The Balaban J connectivity index is 1.55. The summed E-state index contributed by atoms with van der Waals surface area (Å²) in [7, 11) is 0. The minimum absolute atomic E-state index is 0.0387. The molecule has 4 rings (SSSR count). The van der Waals surface area contributed by atoms with Crippen LogP contribution in [-0.4, -0.2) is 32.2 Å². The van der Waals surface area contributed by atoms with Crippen LogP contribution in [0.5, 0.6) is 0 Å². The largest absolute Gasteiger partial charge is 0.352 e. The van der Waals surface area contributed by atoms with E-state index < -0.39 is 0 Å². The Kier molecular flexibility index (Phi) is 7.19. The average Bonchev–Trinajstić information content (AvgIpc) is 3.26. The average molecular weight is 458 g/mol. The predicted molar refractivity (Wildman–Crippen MR) is 133 cm³/mol. The molecule has 0 aliphatic heterocycles. The number of pyridine rings is 1. The maximum Gasteiger partial charge on any atom is 0.251 e. The van der Waals surface area contributed by atoms with Gasteiger partial charge in [-0.3, -0.25) is 14.3 Å². The number of carbonyl (C=O) groups is 1. The quantitative estimate of drug-likeness (QED) is 0.363. The van der Waals surface area contributed by atoms with Crippen molar-refractivity contribution in [3.63, 3.8) is 0 Å². The zero-order valence-electron chi connectivity index (χ0n) is 19.0. The summed E-state index contributed by atoms with van der Waals surface area (Å²) < 4.78 is 2.07. The van der Waals surface area contributed by atoms with Crippen LogP contribution in [0.15, 0.2) is 78.2 Å². The predicted octanol–water partition coefficient (Wildman–Crippen LogP) is 5.32. The van der Waals surface area contributed by atoms with Crippen molar-refractivity contribution in [1.82, 2.24) is 25.1 Å². The Bertz CT molecular complexity index is 1220. The Morgan fingerprint density at radius 1 is 1.06 bits per heavy atom. The van der Waals surface area contributed by atoms with E-state index in [1.807, 2.05) is 42.5 Å². The summed E-state index contributed by atoms with van der Waals surface area (Å²) in [6.07, 6.45) is 3.55. The first-order valence-corrected chi connectivity index (χ1v) is 11.9. The van der Waals surface area contributed by atoms with Crippen molar-refractivity contribution in [3.8, 4) is 17.1 Å². The molecule has 0 aliphatic carbocycles. The lowest BCUT2D eigenvalue weighted by atomic mass is 10.1. The van der Waals surface area contributed by atoms with Gasteiger partial charge in [-0.1, -0.05) is 49.9 Å². The van der Waals surface area contributed by atoms with E-state index in [-0.39, 0.29) is 5.91 Å². The minimum atomic E-state index is -0.0387. The van der Waals surface area contributed by atoms with E-state index in [2.05, 4.69) is 64.0 Å². The van der Waals surface area contributed by atoms with E-state index in [9.17, 15) is 4.79 Å². The summed E-state index contributed by atoms with van der Waals surface area (Å²) >= 11 is 1.61. The number of aryl methyl sites for hydroxylation is 1. The van der Waals surface area contributed by atoms with Crippen molar-refractivity contribution in [1.29, 1.82) is 0 Å². The Hall–Kier alpha value is -3.45. The summed E-state index contributed by atoms with van der Waals surface area (Å²) in [5, 5.41) is 12.7. The minimum Gasteiger partial charge on any atom is -0.352 e. The van der Waals surface area contributed by atoms with Gasteiger partial charge in [0.25, 0.3) is 5.91 Å². The number of thioether (sulfide) groups is 1. The molecule has 1 amide bonds. The van der Waals surface area contributed by atoms with Crippen LogP contribution in [0.3, 0.4) is 0 Å².